The molecule has 2 heterocycles. The fraction of sp³-hybridized carbons (Fsp3) is 0.500. The zero-order valence-corrected chi connectivity index (χ0v) is 12.6. The van der Waals surface area contributed by atoms with Crippen molar-refractivity contribution in [3.05, 3.63) is 47.6 Å². The Morgan fingerprint density at radius 2 is 2.14 bits per heavy atom. The van der Waals surface area contributed by atoms with Crippen LogP contribution in [0.25, 0.3) is 0 Å². The van der Waals surface area contributed by atoms with Crippen LogP contribution in [0.4, 0.5) is 0 Å². The highest BCUT2D eigenvalue weighted by molar-refractivity contribution is 5.20. The van der Waals surface area contributed by atoms with Crippen molar-refractivity contribution in [2.45, 2.75) is 38.9 Å². The maximum absolute atomic E-state index is 5.30. The van der Waals surface area contributed by atoms with Crippen molar-refractivity contribution in [2.75, 3.05) is 13.1 Å². The number of benzene rings is 1. The van der Waals surface area contributed by atoms with E-state index in [9.17, 15) is 0 Å². The summed E-state index contributed by atoms with van der Waals surface area (Å²) in [4.78, 5) is 6.78. The van der Waals surface area contributed by atoms with E-state index in [1.54, 1.807) is 0 Å². The molecule has 1 aliphatic heterocycles. The molecule has 2 atom stereocenters. The smallest absolute Gasteiger partial charge is 0.240 e. The summed E-state index contributed by atoms with van der Waals surface area (Å²) in [5, 5.41) is 7.52. The van der Waals surface area contributed by atoms with Crippen LogP contribution < -0.4 is 5.32 Å². The van der Waals surface area contributed by atoms with Gasteiger partial charge in [0.2, 0.25) is 5.89 Å². The molecule has 0 bridgehead atoms. The molecule has 1 saturated heterocycles. The second kappa shape index (κ2) is 6.37. The number of nitrogens with zero attached hydrogens (tertiary/aromatic N) is 3. The maximum Gasteiger partial charge on any atom is 0.240 e. The number of nitrogens with one attached hydrogen (secondary N) is 1. The van der Waals surface area contributed by atoms with E-state index in [1.165, 1.54) is 5.56 Å². The molecule has 0 spiro atoms. The Balaban J connectivity index is 1.80. The molecule has 1 aromatic carbocycles. The van der Waals surface area contributed by atoms with Gasteiger partial charge in [-0.2, -0.15) is 4.98 Å². The Kier molecular flexibility index (Phi) is 4.31. The van der Waals surface area contributed by atoms with Crippen molar-refractivity contribution < 1.29 is 4.52 Å². The lowest BCUT2D eigenvalue weighted by Gasteiger charge is -2.39. The van der Waals surface area contributed by atoms with Gasteiger partial charge in [0.25, 0.3) is 0 Å². The van der Waals surface area contributed by atoms with E-state index < -0.39 is 0 Å². The lowest BCUT2D eigenvalue weighted by atomic mass is 10.00. The second-order valence-corrected chi connectivity index (χ2v) is 5.60. The molecular formula is C16H22N4O. The van der Waals surface area contributed by atoms with E-state index in [0.29, 0.717) is 30.3 Å². The molecule has 1 aliphatic rings. The van der Waals surface area contributed by atoms with Gasteiger partial charge in [0.1, 0.15) is 0 Å². The molecule has 21 heavy (non-hydrogen) atoms. The molecule has 0 radical (unpaired) electrons. The fourth-order valence-electron chi connectivity index (χ4n) is 2.91. The normalized spacial score (nSPS) is 23.3. The van der Waals surface area contributed by atoms with Gasteiger partial charge in [0, 0.05) is 25.2 Å². The Labute approximate surface area is 125 Å². The molecule has 1 N–H and O–H groups in total. The Bertz CT molecular complexity index is 569. The molecule has 1 fully saturated rings. The van der Waals surface area contributed by atoms with E-state index in [4.69, 9.17) is 4.52 Å². The molecule has 112 valence electrons. The molecule has 3 rings (SSSR count). The average molecular weight is 286 g/mol. The highest BCUT2D eigenvalue weighted by Crippen LogP contribution is 2.25. The van der Waals surface area contributed by atoms with Gasteiger partial charge in [0.15, 0.2) is 5.82 Å². The third-order valence-corrected chi connectivity index (χ3v) is 4.08. The third kappa shape index (κ3) is 3.31. The zero-order valence-electron chi connectivity index (χ0n) is 12.6. The third-order valence-electron chi connectivity index (χ3n) is 4.08. The number of hydrogen-bond donors (Lipinski definition) is 1. The fourth-order valence-corrected chi connectivity index (χ4v) is 2.91. The summed E-state index contributed by atoms with van der Waals surface area (Å²) in [5.41, 5.74) is 1.33. The van der Waals surface area contributed by atoms with Crippen molar-refractivity contribution in [3.8, 4) is 0 Å². The molecule has 5 nitrogen and oxygen atoms in total. The summed E-state index contributed by atoms with van der Waals surface area (Å²) in [6.07, 6.45) is 1.13. The predicted octanol–water partition coefficient (Wildman–Crippen LogP) is 2.30. The summed E-state index contributed by atoms with van der Waals surface area (Å²) in [6, 6.07) is 11.5. The molecule has 0 saturated carbocycles. The quantitative estimate of drug-likeness (QED) is 0.934. The van der Waals surface area contributed by atoms with E-state index >= 15 is 0 Å². The summed E-state index contributed by atoms with van der Waals surface area (Å²) in [5.74, 6) is 1.40. The monoisotopic (exact) mass is 286 g/mol. The van der Waals surface area contributed by atoms with Crippen LogP contribution >= 0.6 is 0 Å². The van der Waals surface area contributed by atoms with E-state index in [0.717, 1.165) is 19.5 Å². The van der Waals surface area contributed by atoms with Gasteiger partial charge in [-0.05, 0) is 18.9 Å². The molecule has 2 aromatic rings. The first kappa shape index (κ1) is 14.2. The molecule has 0 amide bonds. The van der Waals surface area contributed by atoms with Crippen molar-refractivity contribution in [1.29, 1.82) is 0 Å². The summed E-state index contributed by atoms with van der Waals surface area (Å²) < 4.78 is 5.30. The average Bonchev–Trinajstić information content (AvgIpc) is 2.93. The van der Waals surface area contributed by atoms with Gasteiger partial charge in [-0.15, -0.1) is 0 Å². The highest BCUT2D eigenvalue weighted by Gasteiger charge is 2.29. The number of rotatable bonds is 4. The van der Waals surface area contributed by atoms with Crippen molar-refractivity contribution in [1.82, 2.24) is 20.4 Å². The Hall–Kier alpha value is -1.72. The van der Waals surface area contributed by atoms with Crippen LogP contribution in [0.15, 0.2) is 34.9 Å². The van der Waals surface area contributed by atoms with Crippen LogP contribution in [-0.2, 0) is 6.54 Å². The minimum atomic E-state index is 0.348. The molecule has 0 aliphatic carbocycles. The topological polar surface area (TPSA) is 54.2 Å². The van der Waals surface area contributed by atoms with E-state index in [-0.39, 0.29) is 0 Å². The number of piperazine rings is 1. The lowest BCUT2D eigenvalue weighted by molar-refractivity contribution is 0.107. The highest BCUT2D eigenvalue weighted by atomic mass is 16.5. The van der Waals surface area contributed by atoms with Crippen LogP contribution in [0.2, 0.25) is 0 Å². The largest absolute Gasteiger partial charge is 0.338 e. The van der Waals surface area contributed by atoms with Gasteiger partial charge >= 0.3 is 0 Å². The Morgan fingerprint density at radius 3 is 2.81 bits per heavy atom. The number of aryl methyl sites for hydroxylation is 1. The summed E-state index contributed by atoms with van der Waals surface area (Å²) >= 11 is 0. The molecular weight excluding hydrogens is 264 g/mol. The Morgan fingerprint density at radius 1 is 1.33 bits per heavy atom. The van der Waals surface area contributed by atoms with Crippen LogP contribution in [0.3, 0.4) is 0 Å². The van der Waals surface area contributed by atoms with Crippen molar-refractivity contribution >= 4 is 0 Å². The van der Waals surface area contributed by atoms with Gasteiger partial charge in [-0.1, -0.05) is 42.4 Å². The first-order valence-corrected chi connectivity index (χ1v) is 7.58. The standard InChI is InChI=1S/C16H22N4O/c1-3-14-10-20(11-16-18-12(2)19-21-16)15(9-17-14)13-7-5-4-6-8-13/h4-8,14-15,17H,3,9-11H2,1-2H3. The summed E-state index contributed by atoms with van der Waals surface area (Å²) in [7, 11) is 0. The first-order chi connectivity index (χ1) is 10.3. The lowest BCUT2D eigenvalue weighted by Crippen LogP contribution is -2.51. The minimum Gasteiger partial charge on any atom is -0.338 e. The zero-order chi connectivity index (χ0) is 14.7. The van der Waals surface area contributed by atoms with Gasteiger partial charge in [0.05, 0.1) is 6.54 Å². The van der Waals surface area contributed by atoms with Crippen molar-refractivity contribution in [2.24, 2.45) is 0 Å². The summed E-state index contributed by atoms with van der Waals surface area (Å²) in [6.45, 7) is 6.73. The maximum atomic E-state index is 5.30. The van der Waals surface area contributed by atoms with Gasteiger partial charge in [-0.25, -0.2) is 0 Å². The molecule has 5 heteroatoms. The van der Waals surface area contributed by atoms with Crippen LogP contribution in [0.1, 0.15) is 36.7 Å². The van der Waals surface area contributed by atoms with Crippen LogP contribution in [0.5, 0.6) is 0 Å². The van der Waals surface area contributed by atoms with E-state index in [1.807, 2.05) is 6.92 Å². The number of aromatic nitrogens is 2. The van der Waals surface area contributed by atoms with Crippen LogP contribution in [0, 0.1) is 6.92 Å². The van der Waals surface area contributed by atoms with Gasteiger partial charge < -0.3 is 9.84 Å². The minimum absolute atomic E-state index is 0.348. The van der Waals surface area contributed by atoms with Crippen molar-refractivity contribution in [3.63, 3.8) is 0 Å². The van der Waals surface area contributed by atoms with E-state index in [2.05, 4.69) is 57.6 Å². The first-order valence-electron chi connectivity index (χ1n) is 7.58. The SMILES string of the molecule is CCC1CN(Cc2nc(C)no2)C(c2ccccc2)CN1. The molecule has 2 unspecified atom stereocenters. The number of hydrogen-bond acceptors (Lipinski definition) is 5. The predicted molar refractivity (Wildman–Crippen MR) is 80.7 cm³/mol. The second-order valence-electron chi connectivity index (χ2n) is 5.60. The van der Waals surface area contributed by atoms with Crippen LogP contribution in [-0.4, -0.2) is 34.2 Å². The van der Waals surface area contributed by atoms with Gasteiger partial charge in [-0.3, -0.25) is 4.90 Å². The molecule has 1 aromatic heterocycles.